The minimum atomic E-state index is -0.265. The fourth-order valence-electron chi connectivity index (χ4n) is 1.72. The largest absolute Gasteiger partial charge is 0.366 e. The molecular weight excluding hydrogens is 274 g/mol. The van der Waals surface area contributed by atoms with Crippen molar-refractivity contribution in [1.82, 2.24) is 9.55 Å². The Balaban J connectivity index is 2.03. The van der Waals surface area contributed by atoms with Crippen molar-refractivity contribution < 1.29 is 0 Å². The molecule has 5 heteroatoms. The molecule has 0 aliphatic carbocycles. The highest BCUT2D eigenvalue weighted by molar-refractivity contribution is 6.30. The minimum Gasteiger partial charge on any atom is -0.366 e. The number of nitrogens with zero attached hydrogens (tertiary/aromatic N) is 2. The smallest absolute Gasteiger partial charge is 0.349 e. The van der Waals surface area contributed by atoms with Crippen LogP contribution in [0.1, 0.15) is 12.5 Å². The lowest BCUT2D eigenvalue weighted by molar-refractivity contribution is 0.743. The van der Waals surface area contributed by atoms with Crippen LogP contribution in [-0.2, 0) is 13.1 Å². The maximum Gasteiger partial charge on any atom is 0.349 e. The summed E-state index contributed by atoms with van der Waals surface area (Å²) in [5.74, 6) is 0.562. The molecule has 0 amide bonds. The van der Waals surface area contributed by atoms with Crippen LogP contribution < -0.4 is 11.0 Å². The Kier molecular flexibility index (Phi) is 4.96. The standard InChI is InChI=1S/C15H16ClN3O/c1-2-3-8-19-9-7-14(18-15(19)20)17-11-12-5-4-6-13(16)10-12/h2-7,9-10H,8,11H2,1H3,(H,17,18,20)/b3-2+. The molecule has 1 N–H and O–H groups in total. The molecule has 0 fully saturated rings. The van der Waals surface area contributed by atoms with Gasteiger partial charge < -0.3 is 5.32 Å². The van der Waals surface area contributed by atoms with Crippen LogP contribution in [-0.4, -0.2) is 9.55 Å². The lowest BCUT2D eigenvalue weighted by Gasteiger charge is -2.07. The van der Waals surface area contributed by atoms with Crippen LogP contribution in [0.5, 0.6) is 0 Å². The fraction of sp³-hybridized carbons (Fsp3) is 0.200. The third-order valence-electron chi connectivity index (χ3n) is 2.77. The summed E-state index contributed by atoms with van der Waals surface area (Å²) >= 11 is 5.92. The van der Waals surface area contributed by atoms with Crippen LogP contribution in [0, 0.1) is 0 Å². The quantitative estimate of drug-likeness (QED) is 0.861. The number of hydrogen-bond acceptors (Lipinski definition) is 3. The van der Waals surface area contributed by atoms with E-state index in [4.69, 9.17) is 11.6 Å². The second-order valence-corrected chi connectivity index (χ2v) is 4.74. The summed E-state index contributed by atoms with van der Waals surface area (Å²) < 4.78 is 1.55. The molecule has 2 rings (SSSR count). The van der Waals surface area contributed by atoms with E-state index in [0.717, 1.165) is 5.56 Å². The maximum absolute atomic E-state index is 11.8. The summed E-state index contributed by atoms with van der Waals surface area (Å²) in [7, 11) is 0. The van der Waals surface area contributed by atoms with Gasteiger partial charge in [0, 0.05) is 24.3 Å². The molecule has 0 radical (unpaired) electrons. The molecule has 0 atom stereocenters. The molecule has 0 aliphatic heterocycles. The lowest BCUT2D eigenvalue weighted by Crippen LogP contribution is -2.22. The van der Waals surface area contributed by atoms with Crippen LogP contribution in [0.25, 0.3) is 0 Å². The SMILES string of the molecule is C/C=C/Cn1ccc(NCc2cccc(Cl)c2)nc1=O. The van der Waals surface area contributed by atoms with Crippen molar-refractivity contribution in [2.45, 2.75) is 20.0 Å². The van der Waals surface area contributed by atoms with E-state index >= 15 is 0 Å². The van der Waals surface area contributed by atoms with Gasteiger partial charge in [-0.25, -0.2) is 4.79 Å². The van der Waals surface area contributed by atoms with Crippen LogP contribution in [0.15, 0.2) is 53.5 Å². The van der Waals surface area contributed by atoms with Gasteiger partial charge in [0.1, 0.15) is 5.82 Å². The summed E-state index contributed by atoms with van der Waals surface area (Å²) in [5.41, 5.74) is 0.775. The zero-order valence-electron chi connectivity index (χ0n) is 11.2. The summed E-state index contributed by atoms with van der Waals surface area (Å²) in [4.78, 5) is 15.8. The van der Waals surface area contributed by atoms with Gasteiger partial charge in [-0.2, -0.15) is 4.98 Å². The van der Waals surface area contributed by atoms with Crippen LogP contribution in [0.4, 0.5) is 5.82 Å². The Morgan fingerprint density at radius 2 is 2.25 bits per heavy atom. The van der Waals surface area contributed by atoms with Crippen LogP contribution in [0.3, 0.4) is 0 Å². The molecule has 1 heterocycles. The van der Waals surface area contributed by atoms with E-state index < -0.39 is 0 Å². The van der Waals surface area contributed by atoms with E-state index in [1.807, 2.05) is 43.3 Å². The molecule has 1 aromatic carbocycles. The zero-order chi connectivity index (χ0) is 14.4. The Morgan fingerprint density at radius 3 is 2.95 bits per heavy atom. The molecule has 2 aromatic rings. The van der Waals surface area contributed by atoms with Gasteiger partial charge in [0.15, 0.2) is 0 Å². The van der Waals surface area contributed by atoms with Gasteiger partial charge in [-0.1, -0.05) is 35.9 Å². The molecule has 104 valence electrons. The lowest BCUT2D eigenvalue weighted by atomic mass is 10.2. The molecule has 0 saturated carbocycles. The zero-order valence-corrected chi connectivity index (χ0v) is 12.0. The third kappa shape index (κ3) is 3.96. The Hall–Kier alpha value is -2.07. The van der Waals surface area contributed by atoms with Gasteiger partial charge >= 0.3 is 5.69 Å². The van der Waals surface area contributed by atoms with E-state index in [1.54, 1.807) is 16.8 Å². The van der Waals surface area contributed by atoms with E-state index in [0.29, 0.717) is 23.9 Å². The topological polar surface area (TPSA) is 46.9 Å². The fourth-order valence-corrected chi connectivity index (χ4v) is 1.94. The van der Waals surface area contributed by atoms with Crippen molar-refractivity contribution in [3.05, 3.63) is 69.8 Å². The van der Waals surface area contributed by atoms with E-state index in [1.165, 1.54) is 0 Å². The van der Waals surface area contributed by atoms with Crippen molar-refractivity contribution in [2.75, 3.05) is 5.32 Å². The molecule has 20 heavy (non-hydrogen) atoms. The monoisotopic (exact) mass is 289 g/mol. The van der Waals surface area contributed by atoms with Gasteiger partial charge in [-0.15, -0.1) is 0 Å². The summed E-state index contributed by atoms with van der Waals surface area (Å²) in [6.45, 7) is 3.03. The minimum absolute atomic E-state index is 0.265. The van der Waals surface area contributed by atoms with Gasteiger partial charge in [0.25, 0.3) is 0 Å². The number of halogens is 1. The van der Waals surface area contributed by atoms with Crippen molar-refractivity contribution in [1.29, 1.82) is 0 Å². The molecule has 0 bridgehead atoms. The molecule has 0 unspecified atom stereocenters. The number of benzene rings is 1. The molecule has 0 spiro atoms. The van der Waals surface area contributed by atoms with Crippen molar-refractivity contribution >= 4 is 17.4 Å². The average Bonchev–Trinajstić information content (AvgIpc) is 2.44. The number of hydrogen-bond donors (Lipinski definition) is 1. The predicted molar refractivity (Wildman–Crippen MR) is 82.1 cm³/mol. The summed E-state index contributed by atoms with van der Waals surface area (Å²) in [6.07, 6.45) is 5.54. The molecule has 1 aromatic heterocycles. The first-order valence-electron chi connectivity index (χ1n) is 6.36. The van der Waals surface area contributed by atoms with Crippen LogP contribution >= 0.6 is 11.6 Å². The first-order valence-corrected chi connectivity index (χ1v) is 6.74. The summed E-state index contributed by atoms with van der Waals surface area (Å²) in [6, 6.07) is 9.34. The average molecular weight is 290 g/mol. The third-order valence-corrected chi connectivity index (χ3v) is 3.01. The Labute approximate surface area is 122 Å². The second kappa shape index (κ2) is 6.91. The summed E-state index contributed by atoms with van der Waals surface area (Å²) in [5, 5.41) is 3.80. The van der Waals surface area contributed by atoms with E-state index in [-0.39, 0.29) is 5.69 Å². The number of nitrogens with one attached hydrogen (secondary N) is 1. The van der Waals surface area contributed by atoms with Crippen molar-refractivity contribution in [3.63, 3.8) is 0 Å². The second-order valence-electron chi connectivity index (χ2n) is 4.30. The highest BCUT2D eigenvalue weighted by Gasteiger charge is 2.00. The highest BCUT2D eigenvalue weighted by Crippen LogP contribution is 2.11. The van der Waals surface area contributed by atoms with Crippen molar-refractivity contribution in [2.24, 2.45) is 0 Å². The normalized spacial score (nSPS) is 10.9. The maximum atomic E-state index is 11.8. The number of allylic oxidation sites excluding steroid dienone is 2. The molecular formula is C15H16ClN3O. The van der Waals surface area contributed by atoms with Gasteiger partial charge in [-0.3, -0.25) is 4.57 Å². The van der Waals surface area contributed by atoms with Gasteiger partial charge in [0.05, 0.1) is 0 Å². The van der Waals surface area contributed by atoms with Crippen LogP contribution in [0.2, 0.25) is 5.02 Å². The van der Waals surface area contributed by atoms with E-state index in [9.17, 15) is 4.79 Å². The molecule has 0 aliphatic rings. The first-order chi connectivity index (χ1) is 9.69. The van der Waals surface area contributed by atoms with E-state index in [2.05, 4.69) is 10.3 Å². The first kappa shape index (κ1) is 14.3. The number of anilines is 1. The van der Waals surface area contributed by atoms with Crippen molar-refractivity contribution in [3.8, 4) is 0 Å². The van der Waals surface area contributed by atoms with Gasteiger partial charge in [-0.05, 0) is 30.7 Å². The Morgan fingerprint density at radius 1 is 1.40 bits per heavy atom. The highest BCUT2D eigenvalue weighted by atomic mass is 35.5. The molecule has 4 nitrogen and oxygen atoms in total. The predicted octanol–water partition coefficient (Wildman–Crippen LogP) is 3.08. The number of rotatable bonds is 5. The number of aromatic nitrogens is 2. The Bertz CT molecular complexity index is 664. The van der Waals surface area contributed by atoms with Gasteiger partial charge in [0.2, 0.25) is 0 Å². The molecule has 0 saturated heterocycles.